The van der Waals surface area contributed by atoms with Crippen LogP contribution in [0.2, 0.25) is 0 Å². The first-order valence-electron chi connectivity index (χ1n) is 13.8. The molecule has 2 heterocycles. The number of nitrogens with one attached hydrogen (secondary N) is 2. The summed E-state index contributed by atoms with van der Waals surface area (Å²) < 4.78 is 24.7. The molecule has 1 fully saturated rings. The number of anilines is 1. The molecule has 0 spiro atoms. The van der Waals surface area contributed by atoms with Gasteiger partial charge in [0, 0.05) is 17.9 Å². The van der Waals surface area contributed by atoms with Crippen molar-refractivity contribution in [2.24, 2.45) is 0 Å². The number of ether oxygens (including phenoxy) is 2. The van der Waals surface area contributed by atoms with E-state index in [1.807, 2.05) is 18.2 Å². The number of thioether (sulfide) groups is 1. The van der Waals surface area contributed by atoms with Gasteiger partial charge in [-0.05, 0) is 65.2 Å². The maximum atomic E-state index is 13.6. The van der Waals surface area contributed by atoms with Gasteiger partial charge in [0.15, 0.2) is 6.61 Å². The van der Waals surface area contributed by atoms with Crippen molar-refractivity contribution in [2.75, 3.05) is 37.0 Å². The third kappa shape index (κ3) is 7.29. The number of amides is 3. The van der Waals surface area contributed by atoms with E-state index in [9.17, 15) is 28.7 Å². The van der Waals surface area contributed by atoms with Crippen molar-refractivity contribution in [2.45, 2.75) is 23.8 Å². The van der Waals surface area contributed by atoms with E-state index in [0.29, 0.717) is 18.0 Å². The first-order chi connectivity index (χ1) is 21.2. The number of aliphatic hydroxyl groups is 1. The number of carbonyl (C=O) groups excluding carboxylic acids is 3. The lowest BCUT2D eigenvalue weighted by molar-refractivity contribution is -0.137. The second-order valence-electron chi connectivity index (χ2n) is 10.2. The Morgan fingerprint density at radius 2 is 1.75 bits per heavy atom. The molecule has 0 aliphatic carbocycles. The Morgan fingerprint density at radius 1 is 1.02 bits per heavy atom. The van der Waals surface area contributed by atoms with Crippen LogP contribution in [0.15, 0.2) is 66.7 Å². The Hall–Kier alpha value is -4.62. The van der Waals surface area contributed by atoms with E-state index < -0.39 is 54.1 Å². The zero-order valence-corrected chi connectivity index (χ0v) is 24.2. The zero-order valence-electron chi connectivity index (χ0n) is 23.4. The number of β-lactam (4-membered cyclic amide) rings is 1. The topological polar surface area (TPSA) is 154 Å². The van der Waals surface area contributed by atoms with Gasteiger partial charge >= 0.3 is 5.97 Å². The highest BCUT2D eigenvalue weighted by molar-refractivity contribution is 8.00. The number of aliphatic hydroxyl groups excluding tert-OH is 1. The average Bonchev–Trinajstić information content (AvgIpc) is 3.50. The van der Waals surface area contributed by atoms with Gasteiger partial charge in [0.05, 0.1) is 25.3 Å². The molecule has 1 unspecified atom stereocenters. The fourth-order valence-electron chi connectivity index (χ4n) is 4.92. The van der Waals surface area contributed by atoms with Crippen molar-refractivity contribution in [1.29, 1.82) is 0 Å². The lowest BCUT2D eigenvalue weighted by Gasteiger charge is -2.47. The number of carboxylic acid groups (broad SMARTS) is 1. The normalized spacial score (nSPS) is 17.6. The van der Waals surface area contributed by atoms with Gasteiger partial charge in [-0.2, -0.15) is 0 Å². The molecule has 0 aromatic heterocycles. The third-order valence-corrected chi connectivity index (χ3v) is 8.48. The maximum Gasteiger partial charge on any atom is 0.322 e. The van der Waals surface area contributed by atoms with Crippen molar-refractivity contribution in [3.05, 3.63) is 89.2 Å². The van der Waals surface area contributed by atoms with Crippen LogP contribution < -0.4 is 25.0 Å². The van der Waals surface area contributed by atoms with Crippen molar-refractivity contribution < 1.29 is 43.3 Å². The highest BCUT2D eigenvalue weighted by atomic mass is 32.2. The number of benzene rings is 3. The van der Waals surface area contributed by atoms with Gasteiger partial charge in [-0.1, -0.05) is 18.2 Å². The highest BCUT2D eigenvalue weighted by Crippen LogP contribution is 2.46. The van der Waals surface area contributed by atoms with Crippen LogP contribution in [0.4, 0.5) is 10.1 Å². The number of carbonyl (C=O) groups is 4. The SMILES string of the molecule is O=C(O)CNC(=O)CNC(=O)COc1ccc(C2[C@@H](SC[C@H](O)c3ccc4c(c3)CCO4)C(=O)N2c2ccc(F)cc2)cc1. The number of halogens is 1. The van der Waals surface area contributed by atoms with E-state index in [4.69, 9.17) is 14.6 Å². The van der Waals surface area contributed by atoms with Gasteiger partial charge < -0.3 is 35.2 Å². The minimum Gasteiger partial charge on any atom is -0.493 e. The van der Waals surface area contributed by atoms with Crippen LogP contribution in [-0.2, 0) is 25.6 Å². The third-order valence-electron chi connectivity index (χ3n) is 7.16. The van der Waals surface area contributed by atoms with Gasteiger partial charge in [-0.25, -0.2) is 4.39 Å². The van der Waals surface area contributed by atoms with Crippen LogP contribution in [0.5, 0.6) is 11.5 Å². The van der Waals surface area contributed by atoms with E-state index in [2.05, 4.69) is 10.6 Å². The molecule has 5 rings (SSSR count). The highest BCUT2D eigenvalue weighted by Gasteiger charge is 2.49. The molecule has 2 aliphatic rings. The molecule has 0 bridgehead atoms. The van der Waals surface area contributed by atoms with E-state index in [1.165, 1.54) is 23.9 Å². The number of hydrogen-bond donors (Lipinski definition) is 4. The minimum atomic E-state index is -1.20. The Bertz CT molecular complexity index is 1540. The first-order valence-corrected chi connectivity index (χ1v) is 14.9. The predicted molar refractivity (Wildman–Crippen MR) is 159 cm³/mol. The summed E-state index contributed by atoms with van der Waals surface area (Å²) in [5.74, 6) is -1.51. The Morgan fingerprint density at radius 3 is 2.48 bits per heavy atom. The standard InChI is InChI=1S/C31H30FN3O8S/c32-21-4-6-22(7-5-21)35-29(30(31(35)41)44-17-24(36)19-3-10-25-20(13-19)11-12-42-25)18-1-8-23(9-2-18)43-16-27(38)33-14-26(37)34-15-28(39)40/h1-10,13,24,29-30,36H,11-12,14-17H2,(H,33,38)(H,34,37)(H,39,40)/t24-,29?,30+/m0/s1. The fraction of sp³-hybridized carbons (Fsp3) is 0.290. The smallest absolute Gasteiger partial charge is 0.322 e. The summed E-state index contributed by atoms with van der Waals surface area (Å²) in [7, 11) is 0. The molecule has 2 aliphatic heterocycles. The largest absolute Gasteiger partial charge is 0.493 e. The number of rotatable bonds is 13. The molecule has 4 N–H and O–H groups in total. The zero-order chi connectivity index (χ0) is 31.2. The summed E-state index contributed by atoms with van der Waals surface area (Å²) in [6.07, 6.45) is -0.000911. The van der Waals surface area contributed by atoms with Crippen molar-refractivity contribution in [3.63, 3.8) is 0 Å². The van der Waals surface area contributed by atoms with Crippen LogP contribution in [0, 0.1) is 5.82 Å². The summed E-state index contributed by atoms with van der Waals surface area (Å²) in [6.45, 7) is -0.696. The van der Waals surface area contributed by atoms with Crippen molar-refractivity contribution >= 4 is 41.1 Å². The van der Waals surface area contributed by atoms with E-state index in [0.717, 1.165) is 28.9 Å². The molecular weight excluding hydrogens is 593 g/mol. The Labute approximate surface area is 256 Å². The van der Waals surface area contributed by atoms with Crippen LogP contribution in [0.1, 0.15) is 28.8 Å². The Kier molecular flexibility index (Phi) is 9.65. The predicted octanol–water partition coefficient (Wildman–Crippen LogP) is 2.38. The fourth-order valence-corrected chi connectivity index (χ4v) is 6.22. The monoisotopic (exact) mass is 623 g/mol. The lowest BCUT2D eigenvalue weighted by atomic mass is 9.92. The molecule has 0 radical (unpaired) electrons. The number of nitrogens with zero attached hydrogens (tertiary/aromatic N) is 1. The van der Waals surface area contributed by atoms with Crippen LogP contribution >= 0.6 is 11.8 Å². The lowest BCUT2D eigenvalue weighted by Crippen LogP contribution is -2.57. The van der Waals surface area contributed by atoms with Crippen LogP contribution in [0.25, 0.3) is 0 Å². The molecule has 3 aromatic rings. The van der Waals surface area contributed by atoms with Gasteiger partial charge in [0.25, 0.3) is 5.91 Å². The number of hydrogen-bond acceptors (Lipinski definition) is 8. The van der Waals surface area contributed by atoms with E-state index >= 15 is 0 Å². The van der Waals surface area contributed by atoms with Crippen molar-refractivity contribution in [1.82, 2.24) is 10.6 Å². The average molecular weight is 624 g/mol. The molecule has 13 heteroatoms. The Balaban J connectivity index is 1.22. The number of fused-ring (bicyclic) bond motifs is 1. The molecule has 44 heavy (non-hydrogen) atoms. The summed E-state index contributed by atoms with van der Waals surface area (Å²) in [5.41, 5.74) is 3.13. The van der Waals surface area contributed by atoms with Gasteiger partial charge in [0.2, 0.25) is 11.8 Å². The second kappa shape index (κ2) is 13.8. The number of carboxylic acids is 1. The molecule has 230 valence electrons. The molecule has 0 saturated carbocycles. The summed E-state index contributed by atoms with van der Waals surface area (Å²) >= 11 is 1.35. The molecular formula is C31H30FN3O8S. The number of aliphatic carboxylic acids is 1. The van der Waals surface area contributed by atoms with Crippen molar-refractivity contribution in [3.8, 4) is 11.5 Å². The summed E-state index contributed by atoms with van der Waals surface area (Å²) in [4.78, 5) is 49.0. The minimum absolute atomic E-state index is 0.162. The molecule has 1 saturated heterocycles. The quantitative estimate of drug-likeness (QED) is 0.210. The second-order valence-corrected chi connectivity index (χ2v) is 11.3. The van der Waals surface area contributed by atoms with E-state index in [-0.39, 0.29) is 18.3 Å². The van der Waals surface area contributed by atoms with Gasteiger partial charge in [-0.3, -0.25) is 19.2 Å². The summed E-state index contributed by atoms with van der Waals surface area (Å²) in [6, 6.07) is 17.7. The van der Waals surface area contributed by atoms with Crippen LogP contribution in [-0.4, -0.2) is 71.2 Å². The first kappa shape index (κ1) is 30.8. The molecule has 3 aromatic carbocycles. The van der Waals surface area contributed by atoms with Gasteiger partial charge in [-0.15, -0.1) is 11.8 Å². The maximum absolute atomic E-state index is 13.6. The van der Waals surface area contributed by atoms with Crippen LogP contribution in [0.3, 0.4) is 0 Å². The van der Waals surface area contributed by atoms with Gasteiger partial charge in [0.1, 0.15) is 29.1 Å². The molecule has 11 nitrogen and oxygen atoms in total. The molecule has 3 atom stereocenters. The molecule has 3 amide bonds. The van der Waals surface area contributed by atoms with E-state index in [1.54, 1.807) is 41.3 Å². The summed E-state index contributed by atoms with van der Waals surface area (Å²) in [5, 5.41) is 23.5.